The fraction of sp³-hybridized carbons (Fsp3) is 0.231. The predicted octanol–water partition coefficient (Wildman–Crippen LogP) is 2.83. The molecule has 0 saturated carbocycles. The van der Waals surface area contributed by atoms with Gasteiger partial charge in [0.2, 0.25) is 0 Å². The van der Waals surface area contributed by atoms with Crippen LogP contribution in [0.5, 0.6) is 11.5 Å². The van der Waals surface area contributed by atoms with Crippen LogP contribution in [0.4, 0.5) is 0 Å². The third-order valence-corrected chi connectivity index (χ3v) is 3.65. The highest BCUT2D eigenvalue weighted by atomic mass is 32.1. The van der Waals surface area contributed by atoms with Gasteiger partial charge in [0.1, 0.15) is 5.01 Å². The summed E-state index contributed by atoms with van der Waals surface area (Å²) in [6, 6.07) is 5.37. The van der Waals surface area contributed by atoms with Crippen molar-refractivity contribution >= 4 is 17.3 Å². The van der Waals surface area contributed by atoms with Crippen molar-refractivity contribution < 1.29 is 19.4 Å². The van der Waals surface area contributed by atoms with E-state index >= 15 is 0 Å². The summed E-state index contributed by atoms with van der Waals surface area (Å²) in [6.07, 6.45) is 0. The molecule has 0 aliphatic rings. The number of aromatic nitrogens is 1. The number of aromatic carboxylic acids is 1. The van der Waals surface area contributed by atoms with Crippen molar-refractivity contribution in [2.75, 3.05) is 14.2 Å². The molecule has 0 amide bonds. The number of ether oxygens (including phenoxy) is 2. The summed E-state index contributed by atoms with van der Waals surface area (Å²) < 4.78 is 10.4. The topological polar surface area (TPSA) is 68.7 Å². The summed E-state index contributed by atoms with van der Waals surface area (Å²) in [4.78, 5) is 15.8. The van der Waals surface area contributed by atoms with E-state index in [1.165, 1.54) is 11.3 Å². The molecular formula is C13H13NO4S. The first-order valence-electron chi connectivity index (χ1n) is 5.50. The van der Waals surface area contributed by atoms with Gasteiger partial charge in [-0.05, 0) is 25.1 Å². The molecule has 0 aliphatic carbocycles. The van der Waals surface area contributed by atoms with Crippen LogP contribution in [-0.4, -0.2) is 30.3 Å². The van der Waals surface area contributed by atoms with E-state index in [0.29, 0.717) is 21.4 Å². The lowest BCUT2D eigenvalue weighted by Crippen LogP contribution is -1.98. The van der Waals surface area contributed by atoms with E-state index in [9.17, 15) is 4.79 Å². The van der Waals surface area contributed by atoms with Crippen molar-refractivity contribution in [1.82, 2.24) is 4.98 Å². The zero-order valence-corrected chi connectivity index (χ0v) is 11.6. The number of nitrogens with zero attached hydrogens (tertiary/aromatic N) is 1. The summed E-state index contributed by atoms with van der Waals surface area (Å²) in [7, 11) is 3.12. The van der Waals surface area contributed by atoms with Gasteiger partial charge in [0.25, 0.3) is 0 Å². The van der Waals surface area contributed by atoms with Gasteiger partial charge < -0.3 is 14.6 Å². The molecule has 0 unspecified atom stereocenters. The molecule has 100 valence electrons. The highest BCUT2D eigenvalue weighted by Gasteiger charge is 2.16. The number of carboxylic acid groups (broad SMARTS) is 1. The number of carbonyl (C=O) groups is 1. The Morgan fingerprint density at radius 1 is 1.26 bits per heavy atom. The monoisotopic (exact) mass is 279 g/mol. The van der Waals surface area contributed by atoms with Gasteiger partial charge in [0.05, 0.1) is 14.2 Å². The Bertz CT molecular complexity index is 621. The summed E-state index contributed by atoms with van der Waals surface area (Å²) in [5, 5.41) is 9.66. The molecule has 0 atom stereocenters. The number of rotatable bonds is 4. The zero-order chi connectivity index (χ0) is 14.0. The first-order valence-corrected chi connectivity index (χ1v) is 6.31. The quantitative estimate of drug-likeness (QED) is 0.932. The van der Waals surface area contributed by atoms with Gasteiger partial charge >= 0.3 is 5.97 Å². The van der Waals surface area contributed by atoms with E-state index < -0.39 is 5.97 Å². The fourth-order valence-electron chi connectivity index (χ4n) is 1.69. The van der Waals surface area contributed by atoms with Gasteiger partial charge in [0, 0.05) is 10.4 Å². The molecule has 1 aromatic heterocycles. The van der Waals surface area contributed by atoms with Crippen LogP contribution in [0.25, 0.3) is 10.6 Å². The van der Waals surface area contributed by atoms with Crippen molar-refractivity contribution in [3.8, 4) is 22.1 Å². The molecule has 1 heterocycles. The number of methoxy groups -OCH3 is 2. The number of carboxylic acids is 1. The van der Waals surface area contributed by atoms with E-state index in [0.717, 1.165) is 5.56 Å². The Kier molecular flexibility index (Phi) is 3.71. The SMILES string of the molecule is COc1ccc(-c2nc(C(=O)O)c(C)s2)cc1OC. The maximum atomic E-state index is 11.0. The van der Waals surface area contributed by atoms with Gasteiger partial charge in [-0.1, -0.05) is 0 Å². The minimum atomic E-state index is -1.01. The molecular weight excluding hydrogens is 266 g/mol. The van der Waals surface area contributed by atoms with E-state index in [1.807, 2.05) is 6.07 Å². The first-order chi connectivity index (χ1) is 9.06. The average Bonchev–Trinajstić information content (AvgIpc) is 2.80. The van der Waals surface area contributed by atoms with Gasteiger partial charge in [0.15, 0.2) is 17.2 Å². The Balaban J connectivity index is 2.47. The van der Waals surface area contributed by atoms with Gasteiger partial charge in [-0.3, -0.25) is 0 Å². The Morgan fingerprint density at radius 3 is 2.47 bits per heavy atom. The van der Waals surface area contributed by atoms with Crippen LogP contribution in [0.2, 0.25) is 0 Å². The van der Waals surface area contributed by atoms with Crippen molar-refractivity contribution in [3.63, 3.8) is 0 Å². The van der Waals surface area contributed by atoms with Crippen LogP contribution in [0.1, 0.15) is 15.4 Å². The normalized spacial score (nSPS) is 10.3. The Labute approximate surface area is 114 Å². The van der Waals surface area contributed by atoms with Crippen LogP contribution in [0.3, 0.4) is 0 Å². The molecule has 19 heavy (non-hydrogen) atoms. The van der Waals surface area contributed by atoms with Crippen LogP contribution >= 0.6 is 11.3 Å². The lowest BCUT2D eigenvalue weighted by molar-refractivity contribution is 0.0690. The summed E-state index contributed by atoms with van der Waals surface area (Å²) in [5.74, 6) is 0.197. The molecule has 1 N–H and O–H groups in total. The summed E-state index contributed by atoms with van der Waals surface area (Å²) in [5.41, 5.74) is 0.896. The zero-order valence-electron chi connectivity index (χ0n) is 10.8. The number of hydrogen-bond acceptors (Lipinski definition) is 5. The summed E-state index contributed by atoms with van der Waals surface area (Å²) in [6.45, 7) is 1.74. The average molecular weight is 279 g/mol. The van der Waals surface area contributed by atoms with Crippen molar-refractivity contribution in [1.29, 1.82) is 0 Å². The smallest absolute Gasteiger partial charge is 0.355 e. The van der Waals surface area contributed by atoms with Crippen molar-refractivity contribution in [3.05, 3.63) is 28.8 Å². The van der Waals surface area contributed by atoms with Gasteiger partial charge in [-0.25, -0.2) is 9.78 Å². The number of benzene rings is 1. The lowest BCUT2D eigenvalue weighted by atomic mass is 10.2. The number of aryl methyl sites for hydroxylation is 1. The van der Waals surface area contributed by atoms with E-state index in [2.05, 4.69) is 4.98 Å². The minimum absolute atomic E-state index is 0.0924. The van der Waals surface area contributed by atoms with Gasteiger partial charge in [-0.2, -0.15) is 0 Å². The second-order valence-electron chi connectivity index (χ2n) is 3.80. The largest absolute Gasteiger partial charge is 0.493 e. The van der Waals surface area contributed by atoms with Crippen LogP contribution in [0, 0.1) is 6.92 Å². The molecule has 0 bridgehead atoms. The molecule has 2 aromatic rings. The molecule has 1 aromatic carbocycles. The second-order valence-corrected chi connectivity index (χ2v) is 5.00. The van der Waals surface area contributed by atoms with E-state index in [4.69, 9.17) is 14.6 Å². The van der Waals surface area contributed by atoms with Crippen LogP contribution in [0.15, 0.2) is 18.2 Å². The van der Waals surface area contributed by atoms with E-state index in [1.54, 1.807) is 33.3 Å². The molecule has 0 aliphatic heterocycles. The van der Waals surface area contributed by atoms with Crippen LogP contribution < -0.4 is 9.47 Å². The molecule has 5 nitrogen and oxygen atoms in total. The van der Waals surface area contributed by atoms with E-state index in [-0.39, 0.29) is 5.69 Å². The standard InChI is InChI=1S/C13H13NO4S/c1-7-11(13(15)16)14-12(19-7)8-4-5-9(17-2)10(6-8)18-3/h4-6H,1-3H3,(H,15,16). The number of hydrogen-bond donors (Lipinski definition) is 1. The lowest BCUT2D eigenvalue weighted by Gasteiger charge is -2.08. The summed E-state index contributed by atoms with van der Waals surface area (Å²) >= 11 is 1.34. The predicted molar refractivity (Wildman–Crippen MR) is 72.4 cm³/mol. The fourth-order valence-corrected chi connectivity index (χ4v) is 2.59. The van der Waals surface area contributed by atoms with Gasteiger partial charge in [-0.15, -0.1) is 11.3 Å². The molecule has 0 fully saturated rings. The molecule has 0 spiro atoms. The molecule has 6 heteroatoms. The van der Waals surface area contributed by atoms with Crippen molar-refractivity contribution in [2.45, 2.75) is 6.92 Å². The molecule has 0 radical (unpaired) electrons. The number of thiazole rings is 1. The third-order valence-electron chi connectivity index (χ3n) is 2.63. The van der Waals surface area contributed by atoms with Crippen LogP contribution in [-0.2, 0) is 0 Å². The Hall–Kier alpha value is -2.08. The first kappa shape index (κ1) is 13.4. The Morgan fingerprint density at radius 2 is 1.95 bits per heavy atom. The minimum Gasteiger partial charge on any atom is -0.493 e. The van der Waals surface area contributed by atoms with Crippen molar-refractivity contribution in [2.24, 2.45) is 0 Å². The maximum absolute atomic E-state index is 11.0. The molecule has 0 saturated heterocycles. The second kappa shape index (κ2) is 5.27. The highest BCUT2D eigenvalue weighted by Crippen LogP contribution is 2.34. The highest BCUT2D eigenvalue weighted by molar-refractivity contribution is 7.15. The third kappa shape index (κ3) is 2.53. The molecule has 2 rings (SSSR count). The maximum Gasteiger partial charge on any atom is 0.355 e.